The second kappa shape index (κ2) is 78.9. The van der Waals surface area contributed by atoms with E-state index in [1.807, 2.05) is 13.8 Å². The van der Waals surface area contributed by atoms with Gasteiger partial charge in [-0.1, -0.05) is 13.8 Å². The Labute approximate surface area is 96.8 Å². The average Bonchev–Trinajstić information content (AvgIpc) is 1.65. The molecular weight excluding hydrogens is 381 g/mol. The van der Waals surface area contributed by atoms with Gasteiger partial charge in [0.05, 0.1) is 5.09 Å². The van der Waals surface area contributed by atoms with Crippen molar-refractivity contribution < 1.29 is 42.6 Å². The maximum absolute atomic E-state index is 8.25. The Kier molecular flexibility index (Phi) is 278. The van der Waals surface area contributed by atoms with Gasteiger partial charge in [-0.3, -0.25) is 0 Å². The summed E-state index contributed by atoms with van der Waals surface area (Å²) in [6.45, 7) is 5.31. The molecule has 7 N–H and O–H groups in total. The van der Waals surface area contributed by atoms with Gasteiger partial charge in [0.1, 0.15) is 0 Å². The molecule has 0 atom stereocenters. The summed E-state index contributed by atoms with van der Waals surface area (Å²) < 4.78 is 0. The summed E-state index contributed by atoms with van der Waals surface area (Å²) >= 11 is 0. The van der Waals surface area contributed by atoms with E-state index in [4.69, 9.17) is 26.8 Å². The summed E-state index contributed by atoms with van der Waals surface area (Å²) in [6, 6.07) is 0. The van der Waals surface area contributed by atoms with E-state index in [9.17, 15) is 0 Å². The van der Waals surface area contributed by atoms with Crippen LogP contribution in [0.5, 0.6) is 0 Å². The monoisotopic (exact) mass is 398 g/mol. The van der Waals surface area contributed by atoms with Crippen molar-refractivity contribution in [3.8, 4) is 0 Å². The molecule has 0 unspecified atom stereocenters. The van der Waals surface area contributed by atoms with Crippen LogP contribution in [0.2, 0.25) is 0 Å². The quantitative estimate of drug-likeness (QED) is 0.387. The van der Waals surface area contributed by atoms with E-state index in [2.05, 4.69) is 0 Å². The van der Waals surface area contributed by atoms with Crippen LogP contribution in [0, 0.1) is 15.3 Å². The topological polar surface area (TPSA) is 208 Å². The van der Waals surface area contributed by atoms with E-state index in [1.165, 1.54) is 0 Å². The van der Waals surface area contributed by atoms with E-state index < -0.39 is 5.09 Å². The van der Waals surface area contributed by atoms with E-state index in [1.54, 1.807) is 0 Å². The van der Waals surface area contributed by atoms with Crippen molar-refractivity contribution in [2.24, 2.45) is 11.5 Å². The van der Waals surface area contributed by atoms with Crippen LogP contribution < -0.4 is 11.5 Å². The van der Waals surface area contributed by atoms with Gasteiger partial charge in [-0.25, -0.2) is 0 Å². The maximum Gasteiger partial charge on any atom is 4.00 e. The summed E-state index contributed by atoms with van der Waals surface area (Å²) in [4.78, 5) is 8.25. The first-order valence-corrected chi connectivity index (χ1v) is 2.78. The molecule has 0 fully saturated rings. The molecule has 0 aliphatic carbocycles. The van der Waals surface area contributed by atoms with Gasteiger partial charge in [-0.15, -0.1) is 0 Å². The van der Waals surface area contributed by atoms with Crippen molar-refractivity contribution in [1.82, 2.24) is 0 Å². The number of nitrogens with zero attached hydrogens (tertiary/aromatic N) is 1. The van der Waals surface area contributed by atoms with Crippen LogP contribution >= 0.6 is 0 Å². The van der Waals surface area contributed by atoms with Crippen LogP contribution in [-0.2, 0) is 21.1 Å². The Morgan fingerprint density at radius 2 is 1.00 bits per heavy atom. The Hall–Kier alpha value is -0.312. The van der Waals surface area contributed by atoms with E-state index in [-0.39, 0.29) is 37.5 Å². The molecule has 0 radical (unpaired) electrons. The summed E-state index contributed by atoms with van der Waals surface area (Å²) in [7, 11) is 0. The predicted molar refractivity (Wildman–Crippen MR) is 45.6 cm³/mol. The molecule has 0 aromatic rings. The van der Waals surface area contributed by atoms with Crippen molar-refractivity contribution in [3.05, 3.63) is 15.3 Å². The molecule has 0 saturated carbocycles. The molecule has 9 nitrogen and oxygen atoms in total. The van der Waals surface area contributed by atoms with Crippen LogP contribution in [0.15, 0.2) is 0 Å². The summed E-state index contributed by atoms with van der Waals surface area (Å²) in [6.07, 6.45) is 0. The minimum Gasteiger partial charge on any atom is -0.870 e. The molecule has 0 aliphatic heterocycles. The van der Waals surface area contributed by atoms with Gasteiger partial charge in [-0.05, 0) is 13.1 Å². The van der Waals surface area contributed by atoms with Crippen molar-refractivity contribution in [1.29, 1.82) is 0 Å². The SMILES string of the molecule is CCN.CCN.O=[N+]([O-])[O-].[OH-].[OH-].[OH-].[Pt+4]. The third-order valence-electron chi connectivity index (χ3n) is 0. The molecule has 0 amide bonds. The number of hydrogen-bond acceptors (Lipinski definition) is 8. The normalized spacial score (nSPS) is 4.29. The Morgan fingerprint density at radius 3 is 1.00 bits per heavy atom. The molecule has 0 heterocycles. The third kappa shape index (κ3) is 13700. The van der Waals surface area contributed by atoms with Gasteiger partial charge >= 0.3 is 21.1 Å². The standard InChI is InChI=1S/2C2H7N.NO3.3H2O.Pt/c2*1-2-3;2-1(3)4;;;;/h2*2-3H2,1H3;;3*1H2;/q;;-1;;;;+4/p-3. The average molecular weight is 398 g/mol. The second-order valence-electron chi connectivity index (χ2n) is 1.04. The molecule has 0 saturated heterocycles. The molecular formula is C4H17N3O6Pt. The van der Waals surface area contributed by atoms with Crippen molar-refractivity contribution in [2.75, 3.05) is 13.1 Å². The predicted octanol–water partition coefficient (Wildman–Crippen LogP) is -0.842. The van der Waals surface area contributed by atoms with E-state index in [0.29, 0.717) is 0 Å². The van der Waals surface area contributed by atoms with Crippen molar-refractivity contribution in [2.45, 2.75) is 13.8 Å². The van der Waals surface area contributed by atoms with Crippen LogP contribution in [0.1, 0.15) is 13.8 Å². The van der Waals surface area contributed by atoms with Crippen molar-refractivity contribution in [3.63, 3.8) is 0 Å². The van der Waals surface area contributed by atoms with Gasteiger partial charge in [-0.2, -0.15) is 0 Å². The van der Waals surface area contributed by atoms with Gasteiger partial charge in [0.2, 0.25) is 0 Å². The zero-order chi connectivity index (χ0) is 8.99. The van der Waals surface area contributed by atoms with Gasteiger partial charge in [0.25, 0.3) is 0 Å². The Balaban J connectivity index is -0.00000000929. The van der Waals surface area contributed by atoms with Crippen LogP contribution in [0.4, 0.5) is 0 Å². The van der Waals surface area contributed by atoms with Gasteiger partial charge in [0.15, 0.2) is 0 Å². The fraction of sp³-hybridized carbons (Fsp3) is 1.00. The minimum atomic E-state index is -1.75. The minimum absolute atomic E-state index is 0. The number of nitrogens with two attached hydrogens (primary N) is 2. The molecule has 10 heteroatoms. The van der Waals surface area contributed by atoms with Gasteiger partial charge in [0, 0.05) is 0 Å². The molecule has 0 spiro atoms. The fourth-order valence-electron chi connectivity index (χ4n) is 0. The molecule has 0 aliphatic rings. The van der Waals surface area contributed by atoms with Crippen LogP contribution in [0.25, 0.3) is 0 Å². The summed E-state index contributed by atoms with van der Waals surface area (Å²) in [5, 5.41) is 14.8. The zero-order valence-corrected chi connectivity index (χ0v) is 10.2. The first-order valence-electron chi connectivity index (χ1n) is 2.78. The van der Waals surface area contributed by atoms with E-state index >= 15 is 0 Å². The Morgan fingerprint density at radius 1 is 1.00 bits per heavy atom. The molecule has 0 rings (SSSR count). The second-order valence-corrected chi connectivity index (χ2v) is 1.04. The fourth-order valence-corrected chi connectivity index (χ4v) is 0. The Bertz CT molecular complexity index is 63.0. The molecule has 0 aromatic heterocycles. The van der Waals surface area contributed by atoms with E-state index in [0.717, 1.165) is 13.1 Å². The zero-order valence-electron chi connectivity index (χ0n) is 7.90. The van der Waals surface area contributed by atoms with Crippen LogP contribution in [-0.4, -0.2) is 34.6 Å². The van der Waals surface area contributed by atoms with Crippen molar-refractivity contribution >= 4 is 0 Å². The van der Waals surface area contributed by atoms with Gasteiger partial charge < -0.3 is 43.2 Å². The first-order chi connectivity index (χ1) is 4.56. The summed E-state index contributed by atoms with van der Waals surface area (Å²) in [5.74, 6) is 0. The molecule has 0 aromatic carbocycles. The number of hydrogen-bond donors (Lipinski definition) is 2. The largest absolute Gasteiger partial charge is 4.00 e. The molecule has 94 valence electrons. The first kappa shape index (κ1) is 49.3. The third-order valence-corrected chi connectivity index (χ3v) is 0. The smallest absolute Gasteiger partial charge is 0.870 e. The van der Waals surface area contributed by atoms with Crippen LogP contribution in [0.3, 0.4) is 0 Å². The number of rotatable bonds is 0. The molecule has 14 heavy (non-hydrogen) atoms. The maximum atomic E-state index is 8.25. The summed E-state index contributed by atoms with van der Waals surface area (Å²) in [5.41, 5.74) is 9.69. The molecule has 0 bridgehead atoms.